The standard InChI is InChI=1S/C16H19N3OS/c1-3-11(14-9-6-10-21-14)19-12-7-5-8-13(20-4-2)15(12)18-16(19)17/h5-11H,3-4H2,1-2H3,(H2,17,18). The van der Waals surface area contributed by atoms with E-state index in [1.165, 1.54) is 4.88 Å². The minimum atomic E-state index is 0.215. The molecule has 0 aliphatic carbocycles. The average molecular weight is 301 g/mol. The molecule has 2 heterocycles. The van der Waals surface area contributed by atoms with E-state index >= 15 is 0 Å². The van der Waals surface area contributed by atoms with Gasteiger partial charge in [-0.3, -0.25) is 0 Å². The molecule has 110 valence electrons. The largest absolute Gasteiger partial charge is 0.492 e. The van der Waals surface area contributed by atoms with E-state index in [0.29, 0.717) is 12.6 Å². The van der Waals surface area contributed by atoms with Crippen LogP contribution in [0.25, 0.3) is 11.0 Å². The van der Waals surface area contributed by atoms with Crippen molar-refractivity contribution in [2.75, 3.05) is 12.3 Å². The number of benzene rings is 1. The zero-order chi connectivity index (χ0) is 14.8. The van der Waals surface area contributed by atoms with Gasteiger partial charge in [0, 0.05) is 4.88 Å². The molecule has 2 aromatic heterocycles. The highest BCUT2D eigenvalue weighted by molar-refractivity contribution is 7.10. The Hall–Kier alpha value is -2.01. The Labute approximate surface area is 128 Å². The zero-order valence-corrected chi connectivity index (χ0v) is 13.1. The van der Waals surface area contributed by atoms with Crippen LogP contribution in [0.1, 0.15) is 31.2 Å². The van der Waals surface area contributed by atoms with Crippen LogP contribution in [-0.2, 0) is 0 Å². The van der Waals surface area contributed by atoms with E-state index in [4.69, 9.17) is 10.5 Å². The molecule has 1 unspecified atom stereocenters. The predicted octanol–water partition coefficient (Wildman–Crippen LogP) is 4.08. The van der Waals surface area contributed by atoms with Crippen molar-refractivity contribution in [3.05, 3.63) is 40.6 Å². The SMILES string of the molecule is CCOc1cccc2c1nc(N)n2C(CC)c1cccs1. The topological polar surface area (TPSA) is 53.1 Å². The van der Waals surface area contributed by atoms with Gasteiger partial charge in [0.1, 0.15) is 11.3 Å². The second kappa shape index (κ2) is 5.77. The number of thiophene rings is 1. The van der Waals surface area contributed by atoms with Crippen LogP contribution in [0, 0.1) is 0 Å². The van der Waals surface area contributed by atoms with Gasteiger partial charge >= 0.3 is 0 Å². The van der Waals surface area contributed by atoms with Crippen molar-refractivity contribution in [1.29, 1.82) is 0 Å². The average Bonchev–Trinajstić information content (AvgIpc) is 3.10. The van der Waals surface area contributed by atoms with Gasteiger partial charge in [-0.25, -0.2) is 4.98 Å². The monoisotopic (exact) mass is 301 g/mol. The van der Waals surface area contributed by atoms with E-state index in [1.807, 2.05) is 19.1 Å². The number of rotatable bonds is 5. The number of nitrogens with zero attached hydrogens (tertiary/aromatic N) is 2. The third-order valence-electron chi connectivity index (χ3n) is 3.58. The maximum atomic E-state index is 6.20. The molecule has 21 heavy (non-hydrogen) atoms. The van der Waals surface area contributed by atoms with Crippen molar-refractivity contribution in [2.24, 2.45) is 0 Å². The predicted molar refractivity (Wildman–Crippen MR) is 88.1 cm³/mol. The Morgan fingerprint density at radius 3 is 2.81 bits per heavy atom. The van der Waals surface area contributed by atoms with Gasteiger partial charge in [-0.15, -0.1) is 11.3 Å². The lowest BCUT2D eigenvalue weighted by Gasteiger charge is -2.17. The van der Waals surface area contributed by atoms with Gasteiger partial charge in [-0.2, -0.15) is 0 Å². The van der Waals surface area contributed by atoms with Gasteiger partial charge in [-0.1, -0.05) is 19.1 Å². The van der Waals surface area contributed by atoms with E-state index < -0.39 is 0 Å². The molecule has 0 fully saturated rings. The van der Waals surface area contributed by atoms with Crippen LogP contribution in [0.15, 0.2) is 35.7 Å². The molecule has 0 amide bonds. The summed E-state index contributed by atoms with van der Waals surface area (Å²) in [5.74, 6) is 1.33. The molecule has 0 saturated carbocycles. The highest BCUT2D eigenvalue weighted by atomic mass is 32.1. The van der Waals surface area contributed by atoms with Gasteiger partial charge < -0.3 is 15.0 Å². The fourth-order valence-corrected chi connectivity index (χ4v) is 3.60. The first kappa shape index (κ1) is 13.9. The molecular formula is C16H19N3OS. The molecule has 2 N–H and O–H groups in total. The maximum Gasteiger partial charge on any atom is 0.201 e. The van der Waals surface area contributed by atoms with Crippen LogP contribution >= 0.6 is 11.3 Å². The summed E-state index contributed by atoms with van der Waals surface area (Å²) in [6.07, 6.45) is 0.967. The zero-order valence-electron chi connectivity index (χ0n) is 12.2. The highest BCUT2D eigenvalue weighted by Gasteiger charge is 2.20. The maximum absolute atomic E-state index is 6.20. The van der Waals surface area contributed by atoms with Crippen LogP contribution in [0.2, 0.25) is 0 Å². The number of anilines is 1. The summed E-state index contributed by atoms with van der Waals surface area (Å²) >= 11 is 1.75. The molecule has 0 spiro atoms. The number of aromatic nitrogens is 2. The molecule has 3 aromatic rings. The van der Waals surface area contributed by atoms with E-state index in [0.717, 1.165) is 23.2 Å². The van der Waals surface area contributed by atoms with Crippen molar-refractivity contribution in [3.63, 3.8) is 0 Å². The van der Waals surface area contributed by atoms with Crippen LogP contribution < -0.4 is 10.5 Å². The number of ether oxygens (including phenoxy) is 1. The lowest BCUT2D eigenvalue weighted by molar-refractivity contribution is 0.343. The van der Waals surface area contributed by atoms with Gasteiger partial charge in [0.15, 0.2) is 0 Å². The number of para-hydroxylation sites is 1. The summed E-state index contributed by atoms with van der Waals surface area (Å²) < 4.78 is 7.78. The number of imidazole rings is 1. The van der Waals surface area contributed by atoms with E-state index in [2.05, 4.69) is 40.1 Å². The molecular weight excluding hydrogens is 282 g/mol. The fourth-order valence-electron chi connectivity index (χ4n) is 2.70. The lowest BCUT2D eigenvalue weighted by atomic mass is 10.1. The quantitative estimate of drug-likeness (QED) is 0.772. The van der Waals surface area contributed by atoms with Gasteiger partial charge in [0.25, 0.3) is 0 Å². The van der Waals surface area contributed by atoms with Crippen LogP contribution in [-0.4, -0.2) is 16.2 Å². The van der Waals surface area contributed by atoms with Crippen molar-refractivity contribution in [1.82, 2.24) is 9.55 Å². The molecule has 5 heteroatoms. The van der Waals surface area contributed by atoms with Crippen molar-refractivity contribution in [2.45, 2.75) is 26.3 Å². The second-order valence-corrected chi connectivity index (χ2v) is 5.82. The normalized spacial score (nSPS) is 12.7. The summed E-state index contributed by atoms with van der Waals surface area (Å²) in [6.45, 7) is 4.76. The molecule has 0 aliphatic rings. The smallest absolute Gasteiger partial charge is 0.201 e. The Kier molecular flexibility index (Phi) is 3.84. The Morgan fingerprint density at radius 2 is 2.14 bits per heavy atom. The van der Waals surface area contributed by atoms with Crippen molar-refractivity contribution >= 4 is 28.3 Å². The first-order valence-corrected chi connectivity index (χ1v) is 8.06. The molecule has 0 aliphatic heterocycles. The van der Waals surface area contributed by atoms with Crippen LogP contribution in [0.4, 0.5) is 5.95 Å². The minimum Gasteiger partial charge on any atom is -0.492 e. The number of hydrogen-bond acceptors (Lipinski definition) is 4. The molecule has 0 radical (unpaired) electrons. The Morgan fingerprint density at radius 1 is 1.29 bits per heavy atom. The van der Waals surface area contributed by atoms with E-state index in [-0.39, 0.29) is 6.04 Å². The number of fused-ring (bicyclic) bond motifs is 1. The van der Waals surface area contributed by atoms with E-state index in [9.17, 15) is 0 Å². The molecule has 4 nitrogen and oxygen atoms in total. The second-order valence-electron chi connectivity index (χ2n) is 4.84. The highest BCUT2D eigenvalue weighted by Crippen LogP contribution is 2.34. The van der Waals surface area contributed by atoms with Gasteiger partial charge in [0.05, 0.1) is 18.2 Å². The van der Waals surface area contributed by atoms with Crippen LogP contribution in [0.5, 0.6) is 5.75 Å². The molecule has 3 rings (SSSR count). The fraction of sp³-hybridized carbons (Fsp3) is 0.312. The summed E-state index contributed by atoms with van der Waals surface area (Å²) in [7, 11) is 0. The van der Waals surface area contributed by atoms with Gasteiger partial charge in [-0.05, 0) is 36.9 Å². The number of nitrogen functional groups attached to an aromatic ring is 1. The lowest BCUT2D eigenvalue weighted by Crippen LogP contribution is -2.11. The minimum absolute atomic E-state index is 0.215. The van der Waals surface area contributed by atoms with Crippen LogP contribution in [0.3, 0.4) is 0 Å². The van der Waals surface area contributed by atoms with Crippen molar-refractivity contribution in [3.8, 4) is 5.75 Å². The number of nitrogens with two attached hydrogens (primary N) is 1. The third-order valence-corrected chi connectivity index (χ3v) is 4.55. The Bertz CT molecular complexity index is 733. The van der Waals surface area contributed by atoms with Crippen molar-refractivity contribution < 1.29 is 4.74 Å². The van der Waals surface area contributed by atoms with Gasteiger partial charge in [0.2, 0.25) is 5.95 Å². The summed E-state index contributed by atoms with van der Waals surface area (Å²) in [4.78, 5) is 5.83. The Balaban J connectivity index is 2.18. The molecule has 1 atom stereocenters. The molecule has 0 bridgehead atoms. The number of hydrogen-bond donors (Lipinski definition) is 1. The first-order valence-electron chi connectivity index (χ1n) is 7.18. The molecule has 1 aromatic carbocycles. The van der Waals surface area contributed by atoms with E-state index in [1.54, 1.807) is 11.3 Å². The first-order chi connectivity index (χ1) is 10.3. The molecule has 0 saturated heterocycles. The summed E-state index contributed by atoms with van der Waals surface area (Å²) in [6, 6.07) is 10.4. The summed E-state index contributed by atoms with van der Waals surface area (Å²) in [5, 5.41) is 2.10. The third kappa shape index (κ3) is 2.38. The summed E-state index contributed by atoms with van der Waals surface area (Å²) in [5.41, 5.74) is 8.07.